The van der Waals surface area contributed by atoms with Gasteiger partial charge in [-0.25, -0.2) is 0 Å². The Morgan fingerprint density at radius 2 is 0.594 bits per heavy atom. The molecular weight excluding hydrogens is 853 g/mol. The summed E-state index contributed by atoms with van der Waals surface area (Å²) >= 11 is 0. The van der Waals surface area contributed by atoms with Crippen molar-refractivity contribution in [2.45, 2.75) is 258 Å². The van der Waals surface area contributed by atoms with Gasteiger partial charge in [0.15, 0.2) is 6.10 Å². The minimum Gasteiger partial charge on any atom is -0.462 e. The maximum absolute atomic E-state index is 12.8. The third-order valence-electron chi connectivity index (χ3n) is 11.8. The standard InChI is InChI=1S/C63H104O6/c1-4-7-10-13-16-19-22-25-28-30-31-33-35-38-41-44-47-50-53-56-62(65)68-59-60(58-67-61(64)55-52-49-46-43-40-37-34-27-24-21-18-15-12-9-6-3)69-63(66)57-54-51-48-45-42-39-36-32-29-26-23-20-17-14-11-8-5-2/h7,10,16-17,19-20,25-26,28-29,31,33,36,38-39,41,47,50,60H,4-6,8-9,11-15,18,21-24,27,30,32,34-35,37,40,42-46,48-49,51-59H2,1-3H3/b10-7+,19-16+,20-17+,28-25+,29-26+,33-31+,39-36+,41-38+,50-47+/t60-/m1/s1. The molecule has 0 aromatic heterocycles. The summed E-state index contributed by atoms with van der Waals surface area (Å²) in [6.45, 7) is 6.42. The van der Waals surface area contributed by atoms with Crippen molar-refractivity contribution in [1.29, 1.82) is 0 Å². The predicted molar refractivity (Wildman–Crippen MR) is 297 cm³/mol. The van der Waals surface area contributed by atoms with Gasteiger partial charge in [-0.3, -0.25) is 14.4 Å². The minimum atomic E-state index is -0.821. The fourth-order valence-electron chi connectivity index (χ4n) is 7.53. The quantitative estimate of drug-likeness (QED) is 0.0262. The first-order valence-electron chi connectivity index (χ1n) is 28.4. The number of carbonyl (C=O) groups excluding carboxylic acids is 3. The number of hydrogen-bond acceptors (Lipinski definition) is 6. The summed E-state index contributed by atoms with van der Waals surface area (Å²) in [6.07, 6.45) is 76.5. The average molecular weight is 958 g/mol. The van der Waals surface area contributed by atoms with Crippen molar-refractivity contribution >= 4 is 17.9 Å². The van der Waals surface area contributed by atoms with E-state index in [1.165, 1.54) is 103 Å². The first-order chi connectivity index (χ1) is 34.0. The second-order valence-corrected chi connectivity index (χ2v) is 18.5. The van der Waals surface area contributed by atoms with Crippen LogP contribution in [0.15, 0.2) is 109 Å². The highest BCUT2D eigenvalue weighted by Gasteiger charge is 2.19. The molecule has 0 aliphatic heterocycles. The number of ether oxygens (including phenoxy) is 3. The van der Waals surface area contributed by atoms with Gasteiger partial charge in [-0.1, -0.05) is 246 Å². The highest BCUT2D eigenvalue weighted by Crippen LogP contribution is 2.15. The first-order valence-corrected chi connectivity index (χ1v) is 28.4. The highest BCUT2D eigenvalue weighted by atomic mass is 16.6. The van der Waals surface area contributed by atoms with Gasteiger partial charge in [-0.2, -0.15) is 0 Å². The molecule has 6 heteroatoms. The van der Waals surface area contributed by atoms with E-state index in [9.17, 15) is 14.4 Å². The minimum absolute atomic E-state index is 0.110. The third kappa shape index (κ3) is 54.9. The van der Waals surface area contributed by atoms with E-state index in [1.807, 2.05) is 6.08 Å². The molecule has 0 N–H and O–H groups in total. The van der Waals surface area contributed by atoms with Crippen molar-refractivity contribution in [3.63, 3.8) is 0 Å². The molecule has 0 heterocycles. The Hall–Kier alpha value is -3.93. The van der Waals surface area contributed by atoms with Crippen LogP contribution in [0, 0.1) is 0 Å². The van der Waals surface area contributed by atoms with Gasteiger partial charge in [-0.05, 0) is 96.3 Å². The van der Waals surface area contributed by atoms with E-state index in [2.05, 4.69) is 124 Å². The molecule has 0 aromatic rings. The van der Waals surface area contributed by atoms with E-state index in [4.69, 9.17) is 14.2 Å². The predicted octanol–water partition coefficient (Wildman–Crippen LogP) is 19.1. The number of unbranched alkanes of at least 4 members (excludes halogenated alkanes) is 21. The molecule has 0 unspecified atom stereocenters. The summed E-state index contributed by atoms with van der Waals surface area (Å²) in [5.74, 6) is -1.02. The van der Waals surface area contributed by atoms with E-state index in [0.717, 1.165) is 103 Å². The molecule has 6 nitrogen and oxygen atoms in total. The van der Waals surface area contributed by atoms with Crippen LogP contribution in [0.3, 0.4) is 0 Å². The summed E-state index contributed by atoms with van der Waals surface area (Å²) in [5.41, 5.74) is 0. The van der Waals surface area contributed by atoms with Crippen LogP contribution >= 0.6 is 0 Å². The molecule has 0 bridgehead atoms. The molecule has 0 radical (unpaired) electrons. The van der Waals surface area contributed by atoms with E-state index >= 15 is 0 Å². The highest BCUT2D eigenvalue weighted by molar-refractivity contribution is 5.71. The van der Waals surface area contributed by atoms with Gasteiger partial charge in [-0.15, -0.1) is 0 Å². The number of carbonyl (C=O) groups is 3. The largest absolute Gasteiger partial charge is 0.462 e. The van der Waals surface area contributed by atoms with E-state index in [1.54, 1.807) is 0 Å². The molecular formula is C63H104O6. The summed E-state index contributed by atoms with van der Waals surface area (Å²) in [4.78, 5) is 38.1. The van der Waals surface area contributed by atoms with Crippen LogP contribution in [0.5, 0.6) is 0 Å². The van der Waals surface area contributed by atoms with Crippen molar-refractivity contribution in [3.8, 4) is 0 Å². The Morgan fingerprint density at radius 3 is 1.00 bits per heavy atom. The van der Waals surface area contributed by atoms with Gasteiger partial charge in [0.1, 0.15) is 13.2 Å². The Balaban J connectivity index is 4.54. The Morgan fingerprint density at radius 1 is 0.304 bits per heavy atom. The van der Waals surface area contributed by atoms with Crippen LogP contribution in [0.25, 0.3) is 0 Å². The van der Waals surface area contributed by atoms with Crippen molar-refractivity contribution in [1.82, 2.24) is 0 Å². The van der Waals surface area contributed by atoms with Crippen LogP contribution in [0.1, 0.15) is 252 Å². The van der Waals surface area contributed by atoms with Gasteiger partial charge < -0.3 is 14.2 Å². The van der Waals surface area contributed by atoms with E-state index < -0.39 is 6.10 Å². The smallest absolute Gasteiger partial charge is 0.306 e. The molecule has 392 valence electrons. The lowest BCUT2D eigenvalue weighted by molar-refractivity contribution is -0.166. The van der Waals surface area contributed by atoms with Crippen LogP contribution in [-0.4, -0.2) is 37.2 Å². The molecule has 1 atom stereocenters. The topological polar surface area (TPSA) is 78.9 Å². The fourth-order valence-corrected chi connectivity index (χ4v) is 7.53. The Bertz CT molecular complexity index is 1420. The molecule has 0 amide bonds. The van der Waals surface area contributed by atoms with Gasteiger partial charge in [0.05, 0.1) is 0 Å². The molecule has 0 saturated heterocycles. The zero-order valence-electron chi connectivity index (χ0n) is 44.8. The van der Waals surface area contributed by atoms with Gasteiger partial charge >= 0.3 is 17.9 Å². The lowest BCUT2D eigenvalue weighted by Crippen LogP contribution is -2.30. The second-order valence-electron chi connectivity index (χ2n) is 18.5. The fraction of sp³-hybridized carbons (Fsp3) is 0.667. The lowest BCUT2D eigenvalue weighted by Gasteiger charge is -2.18. The monoisotopic (exact) mass is 957 g/mol. The van der Waals surface area contributed by atoms with Gasteiger partial charge in [0.2, 0.25) is 0 Å². The van der Waals surface area contributed by atoms with Crippen LogP contribution in [-0.2, 0) is 28.6 Å². The lowest BCUT2D eigenvalue weighted by atomic mass is 10.0. The second kappa shape index (κ2) is 56.7. The zero-order chi connectivity index (χ0) is 50.0. The molecule has 0 fully saturated rings. The van der Waals surface area contributed by atoms with Crippen LogP contribution in [0.4, 0.5) is 0 Å². The molecule has 0 spiro atoms. The maximum Gasteiger partial charge on any atom is 0.306 e. The molecule has 0 rings (SSSR count). The summed E-state index contributed by atoms with van der Waals surface area (Å²) < 4.78 is 16.8. The van der Waals surface area contributed by atoms with Gasteiger partial charge in [0.25, 0.3) is 0 Å². The zero-order valence-corrected chi connectivity index (χ0v) is 44.8. The van der Waals surface area contributed by atoms with E-state index in [0.29, 0.717) is 12.8 Å². The van der Waals surface area contributed by atoms with Crippen molar-refractivity contribution in [2.75, 3.05) is 13.2 Å². The Labute approximate surface area is 425 Å². The molecule has 69 heavy (non-hydrogen) atoms. The Kier molecular flexibility index (Phi) is 53.4. The summed E-state index contributed by atoms with van der Waals surface area (Å²) in [7, 11) is 0. The van der Waals surface area contributed by atoms with Crippen molar-refractivity contribution in [3.05, 3.63) is 109 Å². The number of esters is 3. The van der Waals surface area contributed by atoms with E-state index in [-0.39, 0.29) is 44.0 Å². The normalized spacial score (nSPS) is 12.9. The molecule has 0 aliphatic carbocycles. The van der Waals surface area contributed by atoms with Gasteiger partial charge in [0, 0.05) is 19.3 Å². The summed E-state index contributed by atoms with van der Waals surface area (Å²) in [5, 5.41) is 0. The number of rotatable bonds is 50. The number of hydrogen-bond donors (Lipinski definition) is 0. The molecule has 0 aromatic carbocycles. The van der Waals surface area contributed by atoms with Crippen molar-refractivity contribution in [2.24, 2.45) is 0 Å². The van der Waals surface area contributed by atoms with Crippen LogP contribution in [0.2, 0.25) is 0 Å². The summed E-state index contributed by atoms with van der Waals surface area (Å²) in [6, 6.07) is 0. The maximum atomic E-state index is 12.8. The molecule has 0 aliphatic rings. The van der Waals surface area contributed by atoms with Crippen LogP contribution < -0.4 is 0 Å². The third-order valence-corrected chi connectivity index (χ3v) is 11.8. The van der Waals surface area contributed by atoms with Crippen molar-refractivity contribution < 1.29 is 28.6 Å². The molecule has 0 saturated carbocycles. The SMILES string of the molecule is CC/C=C/C/C=C/C/C=C/C/C=C/C/C=C/C/C=C/CCC(=O)OC[C@@H](COC(=O)CCCCCCCCCCCCCCCCC)OC(=O)CCCCCC/C=C/C/C=C/C/C=C/CCCCC. The average Bonchev–Trinajstić information content (AvgIpc) is 3.35. The first kappa shape index (κ1) is 65.1. The number of allylic oxidation sites excluding steroid dienone is 18.